The lowest BCUT2D eigenvalue weighted by Gasteiger charge is -2.19. The van der Waals surface area contributed by atoms with Crippen LogP contribution < -0.4 is 11.5 Å². The summed E-state index contributed by atoms with van der Waals surface area (Å²) in [5.41, 5.74) is 9.54. The van der Waals surface area contributed by atoms with E-state index in [9.17, 15) is 9.59 Å². The highest BCUT2D eigenvalue weighted by atomic mass is 16.6. The highest BCUT2D eigenvalue weighted by Gasteiger charge is 2.18. The zero-order valence-corrected chi connectivity index (χ0v) is 7.65. The predicted octanol–water partition coefficient (Wildman–Crippen LogP) is 0.202. The smallest absolute Gasteiger partial charge is 0.404 e. The van der Waals surface area contributed by atoms with Crippen molar-refractivity contribution in [1.82, 2.24) is 0 Å². The van der Waals surface area contributed by atoms with Crippen molar-refractivity contribution in [3.8, 4) is 0 Å². The van der Waals surface area contributed by atoms with Gasteiger partial charge in [0.2, 0.25) is 0 Å². The zero-order chi connectivity index (χ0) is 10.4. The summed E-state index contributed by atoms with van der Waals surface area (Å²) in [5.74, 6) is 0.00634. The Labute approximate surface area is 76.2 Å². The van der Waals surface area contributed by atoms with Crippen LogP contribution in [-0.4, -0.2) is 24.9 Å². The van der Waals surface area contributed by atoms with Gasteiger partial charge in [0.1, 0.15) is 12.7 Å². The van der Waals surface area contributed by atoms with E-state index in [1.165, 1.54) is 0 Å². The molecule has 0 saturated carbocycles. The summed E-state index contributed by atoms with van der Waals surface area (Å²) >= 11 is 0. The number of rotatable bonds is 4. The maximum Gasteiger partial charge on any atom is 0.404 e. The number of hydrogen-bond acceptors (Lipinski definition) is 4. The average Bonchev–Trinajstić information content (AvgIpc) is 1.96. The minimum Gasteiger partial charge on any atom is -0.446 e. The Morgan fingerprint density at radius 2 is 1.77 bits per heavy atom. The zero-order valence-electron chi connectivity index (χ0n) is 7.65. The molecule has 76 valence electrons. The van der Waals surface area contributed by atoms with Gasteiger partial charge in [0, 0.05) is 0 Å². The van der Waals surface area contributed by atoms with Crippen LogP contribution >= 0.6 is 0 Å². The molecule has 0 aromatic heterocycles. The Morgan fingerprint density at radius 3 is 2.08 bits per heavy atom. The van der Waals surface area contributed by atoms with Gasteiger partial charge in [-0.15, -0.1) is 0 Å². The van der Waals surface area contributed by atoms with Crippen LogP contribution in [0.25, 0.3) is 0 Å². The van der Waals surface area contributed by atoms with E-state index in [0.29, 0.717) is 0 Å². The fourth-order valence-corrected chi connectivity index (χ4v) is 0.676. The van der Waals surface area contributed by atoms with E-state index in [1.54, 1.807) is 13.8 Å². The van der Waals surface area contributed by atoms with Crippen molar-refractivity contribution in [2.24, 2.45) is 17.4 Å². The fraction of sp³-hybridized carbons (Fsp3) is 0.714. The van der Waals surface area contributed by atoms with E-state index in [1.807, 2.05) is 0 Å². The first-order valence-electron chi connectivity index (χ1n) is 3.81. The largest absolute Gasteiger partial charge is 0.446 e. The monoisotopic (exact) mass is 190 g/mol. The van der Waals surface area contributed by atoms with E-state index < -0.39 is 18.3 Å². The van der Waals surface area contributed by atoms with Gasteiger partial charge in [-0.3, -0.25) is 0 Å². The Balaban J connectivity index is 3.95. The number of amides is 2. The molecule has 0 aliphatic carbocycles. The highest BCUT2D eigenvalue weighted by Crippen LogP contribution is 2.06. The molecule has 0 aromatic rings. The molecule has 6 nitrogen and oxygen atoms in total. The Kier molecular flexibility index (Phi) is 4.64. The average molecular weight is 190 g/mol. The first-order valence-corrected chi connectivity index (χ1v) is 3.81. The summed E-state index contributed by atoms with van der Waals surface area (Å²) in [6, 6.07) is 0. The van der Waals surface area contributed by atoms with E-state index in [4.69, 9.17) is 11.5 Å². The lowest BCUT2D eigenvalue weighted by molar-refractivity contribution is 0.0279. The predicted molar refractivity (Wildman–Crippen MR) is 44.8 cm³/mol. The van der Waals surface area contributed by atoms with Crippen molar-refractivity contribution in [3.63, 3.8) is 0 Å². The van der Waals surface area contributed by atoms with E-state index in [-0.39, 0.29) is 12.5 Å². The lowest BCUT2D eigenvalue weighted by Crippen LogP contribution is -2.33. The number of carbonyl (C=O) groups is 2. The number of carbonyl (C=O) groups excluding carboxylic acids is 2. The molecule has 0 fully saturated rings. The summed E-state index contributed by atoms with van der Waals surface area (Å²) in [4.78, 5) is 20.6. The third kappa shape index (κ3) is 5.77. The number of nitrogens with two attached hydrogens (primary N) is 2. The third-order valence-corrected chi connectivity index (χ3v) is 1.40. The molecule has 0 aliphatic rings. The minimum atomic E-state index is -0.904. The molecular formula is C7H14N2O4. The van der Waals surface area contributed by atoms with E-state index in [2.05, 4.69) is 9.47 Å². The summed E-state index contributed by atoms with van der Waals surface area (Å²) < 4.78 is 9.14. The number of primary amides is 2. The maximum absolute atomic E-state index is 10.4. The molecule has 0 aliphatic heterocycles. The summed E-state index contributed by atoms with van der Waals surface area (Å²) in [6.07, 6.45) is -2.35. The summed E-state index contributed by atoms with van der Waals surface area (Å²) in [5, 5.41) is 0. The molecule has 2 amide bonds. The minimum absolute atomic E-state index is 0.00634. The second kappa shape index (κ2) is 5.23. The summed E-state index contributed by atoms with van der Waals surface area (Å²) in [6.45, 7) is 3.53. The molecule has 1 atom stereocenters. The highest BCUT2D eigenvalue weighted by molar-refractivity contribution is 5.65. The number of hydrogen-bond donors (Lipinski definition) is 2. The number of ether oxygens (including phenoxy) is 2. The van der Waals surface area contributed by atoms with Crippen LogP contribution in [0, 0.1) is 5.92 Å². The van der Waals surface area contributed by atoms with Crippen LogP contribution in [0.4, 0.5) is 9.59 Å². The first kappa shape index (κ1) is 11.5. The van der Waals surface area contributed by atoms with Crippen LogP contribution in [0.2, 0.25) is 0 Å². The van der Waals surface area contributed by atoms with Crippen LogP contribution in [0.5, 0.6) is 0 Å². The normalized spacial score (nSPS) is 12.2. The third-order valence-electron chi connectivity index (χ3n) is 1.40. The molecule has 6 heteroatoms. The molecule has 0 rings (SSSR count). The first-order chi connectivity index (χ1) is 5.93. The van der Waals surface area contributed by atoms with E-state index >= 15 is 0 Å². The van der Waals surface area contributed by atoms with Crippen molar-refractivity contribution >= 4 is 12.2 Å². The molecule has 0 radical (unpaired) electrons. The van der Waals surface area contributed by atoms with E-state index in [0.717, 1.165) is 0 Å². The molecule has 13 heavy (non-hydrogen) atoms. The SMILES string of the molecule is CC(C)C(COC(N)=O)OC(N)=O. The van der Waals surface area contributed by atoms with Crippen molar-refractivity contribution in [3.05, 3.63) is 0 Å². The molecule has 0 bridgehead atoms. The van der Waals surface area contributed by atoms with Crippen molar-refractivity contribution < 1.29 is 19.1 Å². The quantitative estimate of drug-likeness (QED) is 0.660. The Hall–Kier alpha value is -1.46. The van der Waals surface area contributed by atoms with Crippen LogP contribution in [0.3, 0.4) is 0 Å². The van der Waals surface area contributed by atoms with Gasteiger partial charge in [0.05, 0.1) is 0 Å². The standard InChI is InChI=1S/C7H14N2O4/c1-4(2)5(13-7(9)11)3-12-6(8)10/h4-5H,3H2,1-2H3,(H2,8,10)(H2,9,11). The molecular weight excluding hydrogens is 176 g/mol. The molecule has 0 saturated heterocycles. The molecule has 0 aromatic carbocycles. The lowest BCUT2D eigenvalue weighted by atomic mass is 10.1. The van der Waals surface area contributed by atoms with Gasteiger partial charge in [-0.1, -0.05) is 13.8 Å². The van der Waals surface area contributed by atoms with Gasteiger partial charge in [0.15, 0.2) is 0 Å². The van der Waals surface area contributed by atoms with Crippen molar-refractivity contribution in [1.29, 1.82) is 0 Å². The van der Waals surface area contributed by atoms with Crippen LogP contribution in [-0.2, 0) is 9.47 Å². The topological polar surface area (TPSA) is 105 Å². The molecule has 0 heterocycles. The van der Waals surface area contributed by atoms with Gasteiger partial charge < -0.3 is 20.9 Å². The Bertz CT molecular complexity index is 193. The van der Waals surface area contributed by atoms with Gasteiger partial charge >= 0.3 is 12.2 Å². The Morgan fingerprint density at radius 1 is 1.23 bits per heavy atom. The van der Waals surface area contributed by atoms with Gasteiger partial charge in [-0.2, -0.15) is 0 Å². The maximum atomic E-state index is 10.4. The molecule has 4 N–H and O–H groups in total. The van der Waals surface area contributed by atoms with Crippen molar-refractivity contribution in [2.75, 3.05) is 6.61 Å². The van der Waals surface area contributed by atoms with Gasteiger partial charge in [0.25, 0.3) is 0 Å². The molecule has 0 spiro atoms. The van der Waals surface area contributed by atoms with Gasteiger partial charge in [-0.25, -0.2) is 9.59 Å². The molecule has 1 unspecified atom stereocenters. The second-order valence-corrected chi connectivity index (χ2v) is 2.85. The van der Waals surface area contributed by atoms with Crippen LogP contribution in [0.1, 0.15) is 13.8 Å². The van der Waals surface area contributed by atoms with Gasteiger partial charge in [-0.05, 0) is 5.92 Å². The van der Waals surface area contributed by atoms with Crippen molar-refractivity contribution in [2.45, 2.75) is 20.0 Å². The van der Waals surface area contributed by atoms with Crippen LogP contribution in [0.15, 0.2) is 0 Å². The fourth-order valence-electron chi connectivity index (χ4n) is 0.676. The summed E-state index contributed by atoms with van der Waals surface area (Å²) in [7, 11) is 0. The second-order valence-electron chi connectivity index (χ2n) is 2.85.